The van der Waals surface area contributed by atoms with Crippen LogP contribution in [-0.4, -0.2) is 205 Å². The number of rotatable bonds is 91. The van der Waals surface area contributed by atoms with Crippen molar-refractivity contribution in [3.8, 4) is 0 Å². The molecule has 1 fully saturated rings. The summed E-state index contributed by atoms with van der Waals surface area (Å²) in [5, 5.41) is 58.9. The Morgan fingerprint density at radius 1 is 0.248 bits per heavy atom. The molecule has 0 aromatic heterocycles. The van der Waals surface area contributed by atoms with Gasteiger partial charge in [-0.2, -0.15) is 0 Å². The molecule has 1 saturated heterocycles. The number of hydrogen-bond acceptors (Lipinski definition) is 12. The van der Waals surface area contributed by atoms with Gasteiger partial charge in [0.1, 0.15) is 0 Å². The monoisotopic (exact) mass is 1550 g/mol. The average Bonchev–Trinajstić information content (AvgIpc) is 0.880. The molecule has 109 heavy (non-hydrogen) atoms. The van der Waals surface area contributed by atoms with Crippen molar-refractivity contribution in [3.05, 3.63) is 0 Å². The van der Waals surface area contributed by atoms with E-state index in [9.17, 15) is 25.5 Å². The zero-order chi connectivity index (χ0) is 79.0. The third-order valence-electron chi connectivity index (χ3n) is 24.4. The van der Waals surface area contributed by atoms with E-state index in [1.807, 2.05) is 0 Å². The van der Waals surface area contributed by atoms with Gasteiger partial charge in [-0.15, -0.1) is 0 Å². The Morgan fingerprint density at radius 3 is 0.716 bits per heavy atom. The summed E-state index contributed by atoms with van der Waals surface area (Å²) in [5.74, 6) is 0.161. The van der Waals surface area contributed by atoms with E-state index < -0.39 is 24.4 Å². The summed E-state index contributed by atoms with van der Waals surface area (Å²) < 4.78 is 13.0. The molecule has 12 nitrogen and oxygen atoms in total. The summed E-state index contributed by atoms with van der Waals surface area (Å²) in [4.78, 5) is 12.6. The van der Waals surface area contributed by atoms with E-state index in [2.05, 4.69) is 73.0 Å². The highest BCUT2D eigenvalue weighted by atomic mass is 16.5. The van der Waals surface area contributed by atoms with Gasteiger partial charge in [-0.1, -0.05) is 420 Å². The van der Waals surface area contributed by atoms with Crippen LogP contribution in [0.3, 0.4) is 0 Å². The van der Waals surface area contributed by atoms with Gasteiger partial charge in [0.15, 0.2) is 0 Å². The first kappa shape index (κ1) is 107. The Morgan fingerprint density at radius 2 is 0.468 bits per heavy atom. The van der Waals surface area contributed by atoms with Crippen LogP contribution in [0, 0.1) is 5.92 Å². The molecule has 0 aromatic carbocycles. The van der Waals surface area contributed by atoms with E-state index in [1.165, 1.54) is 353 Å². The van der Waals surface area contributed by atoms with Gasteiger partial charge < -0.3 is 35.0 Å². The van der Waals surface area contributed by atoms with Gasteiger partial charge in [0, 0.05) is 117 Å². The normalized spacial score (nSPS) is 15.3. The fraction of sp³-hybridized carbons (Fsp3) is 1.00. The number of aliphatic hydroxyl groups excluding tert-OH is 5. The van der Waals surface area contributed by atoms with E-state index in [4.69, 9.17) is 9.47 Å². The largest absolute Gasteiger partial charge is 0.392 e. The van der Waals surface area contributed by atoms with Gasteiger partial charge >= 0.3 is 0 Å². The molecule has 12 heteroatoms. The van der Waals surface area contributed by atoms with Crippen LogP contribution >= 0.6 is 0 Å². The Balaban J connectivity index is 3.23. The summed E-state index contributed by atoms with van der Waals surface area (Å²) in [6.07, 6.45) is 80.7. The Kier molecular flexibility index (Phi) is 82.1. The van der Waals surface area contributed by atoms with Crippen LogP contribution in [0.1, 0.15) is 466 Å². The molecule has 0 aliphatic carbocycles. The fourth-order valence-corrected chi connectivity index (χ4v) is 17.4. The van der Waals surface area contributed by atoms with Crippen LogP contribution in [-0.2, 0) is 9.47 Å². The van der Waals surface area contributed by atoms with E-state index >= 15 is 0 Å². The molecule has 1 heterocycles. The lowest BCUT2D eigenvalue weighted by atomic mass is 10.0. The molecule has 5 N–H and O–H groups in total. The zero-order valence-electron chi connectivity index (χ0n) is 75.0. The summed E-state index contributed by atoms with van der Waals surface area (Å²) in [5.41, 5.74) is 0. The Labute approximate surface area is 682 Å². The molecule has 7 unspecified atom stereocenters. The van der Waals surface area contributed by atoms with E-state index in [-0.39, 0.29) is 18.1 Å². The minimum atomic E-state index is -0.428. The predicted octanol–water partition coefficient (Wildman–Crippen LogP) is 24.8. The van der Waals surface area contributed by atoms with Crippen LogP contribution in [0.5, 0.6) is 0 Å². The molecule has 1 rings (SSSR count). The van der Waals surface area contributed by atoms with Crippen molar-refractivity contribution in [1.82, 2.24) is 24.5 Å². The third kappa shape index (κ3) is 73.6. The van der Waals surface area contributed by atoms with Crippen molar-refractivity contribution in [2.24, 2.45) is 5.92 Å². The lowest BCUT2D eigenvalue weighted by Gasteiger charge is -2.39. The highest BCUT2D eigenvalue weighted by Gasteiger charge is 2.28. The van der Waals surface area contributed by atoms with Crippen LogP contribution in [0.15, 0.2) is 0 Å². The van der Waals surface area contributed by atoms with Crippen molar-refractivity contribution in [3.63, 3.8) is 0 Å². The maximum Gasteiger partial charge on any atom is 0.0828 e. The van der Waals surface area contributed by atoms with Gasteiger partial charge in [-0.05, 0) is 46.0 Å². The topological polar surface area (TPSA) is 136 Å². The van der Waals surface area contributed by atoms with Gasteiger partial charge in [0.05, 0.1) is 43.2 Å². The standard InChI is InChI=1S/C97H199N5O7/c1-8-15-20-25-30-35-40-45-50-55-60-65-70-92(103)83-100(81-91(90-108-13-6)82-101(84-93(104)71-66-61-56-51-46-41-36-31-26-21-16-9-2)85-94(105)72-67-62-57-52-47-42-37-32-27-22-17-10-3)80-77-98-75-78-99(79-76-98)88-97(109-14-7)89-102(86-95(106)73-68-63-58-53-48-43-38-33-28-23-18-11-4)87-96(107)74-69-64-59-54-49-44-39-34-29-24-19-12-5/h91-97,103-107H,8-90H2,1-7H3. The molecule has 0 saturated carbocycles. The van der Waals surface area contributed by atoms with Crippen LogP contribution < -0.4 is 0 Å². The lowest BCUT2D eigenvalue weighted by molar-refractivity contribution is -0.0191. The second kappa shape index (κ2) is 84.0. The van der Waals surface area contributed by atoms with Gasteiger partial charge in [-0.3, -0.25) is 24.5 Å². The van der Waals surface area contributed by atoms with Gasteiger partial charge in [-0.25, -0.2) is 0 Å². The lowest BCUT2D eigenvalue weighted by Crippen LogP contribution is -2.53. The van der Waals surface area contributed by atoms with Crippen molar-refractivity contribution in [2.45, 2.75) is 502 Å². The van der Waals surface area contributed by atoms with E-state index in [0.717, 1.165) is 123 Å². The third-order valence-corrected chi connectivity index (χ3v) is 24.4. The molecule has 0 aromatic rings. The van der Waals surface area contributed by atoms with Gasteiger partial charge in [0.25, 0.3) is 0 Å². The highest BCUT2D eigenvalue weighted by molar-refractivity contribution is 4.82. The number of ether oxygens (including phenoxy) is 2. The molecule has 0 radical (unpaired) electrons. The first-order chi connectivity index (χ1) is 53.5. The molecule has 0 bridgehead atoms. The fourth-order valence-electron chi connectivity index (χ4n) is 17.4. The number of piperazine rings is 1. The van der Waals surface area contributed by atoms with Crippen LogP contribution in [0.4, 0.5) is 0 Å². The number of unbranched alkanes of at least 4 members (excludes halogenated alkanes) is 55. The molecule has 1 aliphatic rings. The summed E-state index contributed by atoms with van der Waals surface area (Å²) >= 11 is 0. The molecular formula is C97H199N5O7. The van der Waals surface area contributed by atoms with Crippen molar-refractivity contribution in [1.29, 1.82) is 0 Å². The smallest absolute Gasteiger partial charge is 0.0828 e. The SMILES string of the molecule is CCCCCCCCCCCCCCC(O)CN(CCN1CCN(CC(CN(CC(O)CCCCCCCCCCCCCC)CC(O)CCCCCCCCCCCCCC)OCC)CC1)CC(COCC)CN(CC(O)CCCCCCCCCCCCCC)CC(O)CCCCCCCCCCCCCC. The number of nitrogens with zero attached hydrogens (tertiary/aromatic N) is 5. The Hall–Kier alpha value is -0.480. The minimum Gasteiger partial charge on any atom is -0.392 e. The second-order valence-corrected chi connectivity index (χ2v) is 35.6. The highest BCUT2D eigenvalue weighted by Crippen LogP contribution is 2.23. The minimum absolute atomic E-state index is 0.0101. The molecule has 7 atom stereocenters. The Bertz CT molecular complexity index is 1660. The first-order valence-electron chi connectivity index (χ1n) is 49.7. The quantitative estimate of drug-likeness (QED) is 0.0371. The molecule has 654 valence electrons. The molecular weight excluding hydrogens is 1350 g/mol. The number of hydrogen-bond donors (Lipinski definition) is 5. The van der Waals surface area contributed by atoms with Crippen molar-refractivity contribution < 1.29 is 35.0 Å². The maximum atomic E-state index is 12.0. The zero-order valence-corrected chi connectivity index (χ0v) is 75.0. The number of aliphatic hydroxyl groups is 5. The summed E-state index contributed by atoms with van der Waals surface area (Å²) in [6, 6.07) is 0. The van der Waals surface area contributed by atoms with E-state index in [0.29, 0.717) is 59.1 Å². The van der Waals surface area contributed by atoms with E-state index in [1.54, 1.807) is 0 Å². The second-order valence-electron chi connectivity index (χ2n) is 35.6. The maximum absolute atomic E-state index is 12.0. The van der Waals surface area contributed by atoms with Crippen molar-refractivity contribution in [2.75, 3.05) is 118 Å². The average molecular weight is 1550 g/mol. The molecule has 1 aliphatic heterocycles. The predicted molar refractivity (Wildman–Crippen MR) is 476 cm³/mol. The summed E-state index contributed by atoms with van der Waals surface area (Å²) in [6.45, 7) is 29.4. The first-order valence-corrected chi connectivity index (χ1v) is 49.7. The van der Waals surface area contributed by atoms with Crippen molar-refractivity contribution >= 4 is 0 Å². The molecule has 0 amide bonds. The van der Waals surface area contributed by atoms with Gasteiger partial charge in [0.2, 0.25) is 0 Å². The molecule has 0 spiro atoms. The summed E-state index contributed by atoms with van der Waals surface area (Å²) in [7, 11) is 0. The van der Waals surface area contributed by atoms with Crippen LogP contribution in [0.2, 0.25) is 0 Å². The van der Waals surface area contributed by atoms with Crippen LogP contribution in [0.25, 0.3) is 0 Å².